The molecule has 27 heavy (non-hydrogen) atoms. The zero-order valence-corrected chi connectivity index (χ0v) is 15.1. The van der Waals surface area contributed by atoms with Crippen LogP contribution in [-0.2, 0) is 0 Å². The summed E-state index contributed by atoms with van der Waals surface area (Å²) in [7, 11) is 0. The number of anilines is 1. The maximum Gasteiger partial charge on any atom is 0.191 e. The van der Waals surface area contributed by atoms with E-state index in [1.165, 1.54) is 12.1 Å². The summed E-state index contributed by atoms with van der Waals surface area (Å²) < 4.78 is 13.0. The van der Waals surface area contributed by atoms with Crippen LogP contribution in [0.1, 0.15) is 5.56 Å². The molecule has 5 heteroatoms. The zero-order chi connectivity index (χ0) is 18.6. The minimum Gasteiger partial charge on any atom is -0.331 e. The van der Waals surface area contributed by atoms with Gasteiger partial charge in [0, 0.05) is 11.3 Å². The number of hydrogen-bond donors (Lipinski definition) is 2. The van der Waals surface area contributed by atoms with Gasteiger partial charge >= 0.3 is 0 Å². The van der Waals surface area contributed by atoms with Gasteiger partial charge in [-0.3, -0.25) is 5.43 Å². The van der Waals surface area contributed by atoms with Crippen molar-refractivity contribution in [3.63, 3.8) is 0 Å². The Kier molecular flexibility index (Phi) is 4.77. The van der Waals surface area contributed by atoms with Gasteiger partial charge in [-0.05, 0) is 64.1 Å². The predicted molar refractivity (Wildman–Crippen MR) is 115 cm³/mol. The second-order valence-electron chi connectivity index (χ2n) is 6.06. The third kappa shape index (κ3) is 3.78. The lowest BCUT2D eigenvalue weighted by Gasteiger charge is -2.09. The van der Waals surface area contributed by atoms with E-state index in [0.717, 1.165) is 27.1 Å². The SMILES string of the molecule is Fc1ccc(NC(=S)NN=Cc2c3ccccc3cc3ccccc23)cc1. The van der Waals surface area contributed by atoms with Gasteiger partial charge < -0.3 is 5.32 Å². The van der Waals surface area contributed by atoms with Crippen LogP contribution in [-0.4, -0.2) is 11.3 Å². The summed E-state index contributed by atoms with van der Waals surface area (Å²) in [5.41, 5.74) is 4.54. The Bertz CT molecular complexity index is 1100. The minimum absolute atomic E-state index is 0.291. The summed E-state index contributed by atoms with van der Waals surface area (Å²) in [6, 6.07) is 24.6. The summed E-state index contributed by atoms with van der Waals surface area (Å²) in [5.74, 6) is -0.291. The molecule has 0 aliphatic carbocycles. The van der Waals surface area contributed by atoms with E-state index in [2.05, 4.69) is 46.2 Å². The van der Waals surface area contributed by atoms with Gasteiger partial charge in [0.15, 0.2) is 5.11 Å². The van der Waals surface area contributed by atoms with Gasteiger partial charge in [-0.1, -0.05) is 48.5 Å². The van der Waals surface area contributed by atoms with E-state index in [-0.39, 0.29) is 5.82 Å². The third-order valence-corrected chi connectivity index (χ3v) is 4.47. The van der Waals surface area contributed by atoms with Crippen molar-refractivity contribution in [2.45, 2.75) is 0 Å². The molecule has 4 aromatic rings. The second kappa shape index (κ2) is 7.51. The van der Waals surface area contributed by atoms with Crippen molar-refractivity contribution < 1.29 is 4.39 Å². The fourth-order valence-corrected chi connectivity index (χ4v) is 3.21. The quantitative estimate of drug-likeness (QED) is 0.217. The van der Waals surface area contributed by atoms with Gasteiger partial charge in [-0.25, -0.2) is 4.39 Å². The van der Waals surface area contributed by atoms with Crippen molar-refractivity contribution in [3.05, 3.63) is 90.2 Å². The Labute approximate surface area is 161 Å². The molecule has 2 N–H and O–H groups in total. The van der Waals surface area contributed by atoms with Gasteiger partial charge in [-0.2, -0.15) is 5.10 Å². The molecule has 4 aromatic carbocycles. The van der Waals surface area contributed by atoms with Gasteiger partial charge in [0.1, 0.15) is 5.82 Å². The molecular weight excluding hydrogens is 357 g/mol. The molecule has 0 unspecified atom stereocenters. The number of hydrogen-bond acceptors (Lipinski definition) is 2. The molecule has 0 aliphatic heterocycles. The Hall–Kier alpha value is -3.31. The molecule has 3 nitrogen and oxygen atoms in total. The fourth-order valence-electron chi connectivity index (χ4n) is 3.04. The lowest BCUT2D eigenvalue weighted by Crippen LogP contribution is -2.23. The summed E-state index contributed by atoms with van der Waals surface area (Å²) in [5, 5.41) is 12.2. The average Bonchev–Trinajstić information content (AvgIpc) is 2.69. The van der Waals surface area contributed by atoms with E-state index in [9.17, 15) is 4.39 Å². The number of hydrazone groups is 1. The minimum atomic E-state index is -0.291. The van der Waals surface area contributed by atoms with Crippen molar-refractivity contribution in [3.8, 4) is 0 Å². The molecule has 0 aromatic heterocycles. The van der Waals surface area contributed by atoms with E-state index in [1.807, 2.05) is 24.3 Å². The summed E-state index contributed by atoms with van der Waals surface area (Å²) in [6.07, 6.45) is 1.78. The Morgan fingerprint density at radius 3 is 2.07 bits per heavy atom. The van der Waals surface area contributed by atoms with Crippen molar-refractivity contribution in [2.24, 2.45) is 5.10 Å². The Morgan fingerprint density at radius 1 is 0.852 bits per heavy atom. The molecule has 0 radical (unpaired) electrons. The highest BCUT2D eigenvalue weighted by Gasteiger charge is 2.05. The average molecular weight is 373 g/mol. The normalized spacial score (nSPS) is 11.1. The molecule has 132 valence electrons. The van der Waals surface area contributed by atoms with Crippen molar-refractivity contribution >= 4 is 50.8 Å². The lowest BCUT2D eigenvalue weighted by molar-refractivity contribution is 0.628. The van der Waals surface area contributed by atoms with Crippen LogP contribution < -0.4 is 10.7 Å². The number of nitrogens with zero attached hydrogens (tertiary/aromatic N) is 1. The first-order valence-corrected chi connectivity index (χ1v) is 8.88. The van der Waals surface area contributed by atoms with Crippen LogP contribution in [0.25, 0.3) is 21.5 Å². The summed E-state index contributed by atoms with van der Waals surface area (Å²) >= 11 is 5.25. The van der Waals surface area contributed by atoms with E-state index in [0.29, 0.717) is 10.8 Å². The van der Waals surface area contributed by atoms with E-state index in [1.54, 1.807) is 18.3 Å². The molecule has 0 heterocycles. The van der Waals surface area contributed by atoms with Crippen LogP contribution >= 0.6 is 12.2 Å². The van der Waals surface area contributed by atoms with Crippen LogP contribution in [0, 0.1) is 5.82 Å². The van der Waals surface area contributed by atoms with Crippen LogP contribution in [0.4, 0.5) is 10.1 Å². The smallest absolute Gasteiger partial charge is 0.191 e. The highest BCUT2D eigenvalue weighted by Crippen LogP contribution is 2.27. The number of rotatable bonds is 3. The fraction of sp³-hybridized carbons (Fsp3) is 0. The van der Waals surface area contributed by atoms with Crippen molar-refractivity contribution in [1.82, 2.24) is 5.43 Å². The monoisotopic (exact) mass is 373 g/mol. The van der Waals surface area contributed by atoms with Crippen LogP contribution in [0.5, 0.6) is 0 Å². The summed E-state index contributed by atoms with van der Waals surface area (Å²) in [4.78, 5) is 0. The van der Waals surface area contributed by atoms with E-state index in [4.69, 9.17) is 12.2 Å². The van der Waals surface area contributed by atoms with Crippen LogP contribution in [0.15, 0.2) is 84.0 Å². The standard InChI is InChI=1S/C22H16FN3S/c23-17-9-11-18(12-10-17)25-22(27)26-24-14-21-19-7-3-1-5-15(19)13-16-6-2-4-8-20(16)21/h1-14H,(H2,25,26,27). The maximum absolute atomic E-state index is 13.0. The number of thiocarbonyl (C=S) groups is 1. The number of nitrogens with one attached hydrogen (secondary N) is 2. The van der Waals surface area contributed by atoms with Gasteiger partial charge in [0.2, 0.25) is 0 Å². The van der Waals surface area contributed by atoms with Gasteiger partial charge in [0.05, 0.1) is 6.21 Å². The molecule has 0 amide bonds. The van der Waals surface area contributed by atoms with E-state index >= 15 is 0 Å². The molecule has 0 saturated carbocycles. The molecule has 0 spiro atoms. The van der Waals surface area contributed by atoms with Crippen molar-refractivity contribution in [1.29, 1.82) is 0 Å². The molecule has 0 bridgehead atoms. The van der Waals surface area contributed by atoms with Gasteiger partial charge in [-0.15, -0.1) is 0 Å². The highest BCUT2D eigenvalue weighted by atomic mass is 32.1. The lowest BCUT2D eigenvalue weighted by atomic mass is 9.97. The first-order chi connectivity index (χ1) is 13.2. The highest BCUT2D eigenvalue weighted by molar-refractivity contribution is 7.80. The van der Waals surface area contributed by atoms with Crippen molar-refractivity contribution in [2.75, 3.05) is 5.32 Å². The first kappa shape index (κ1) is 17.1. The molecular formula is C22H16FN3S. The summed E-state index contributed by atoms with van der Waals surface area (Å²) in [6.45, 7) is 0. The topological polar surface area (TPSA) is 36.4 Å². The number of benzene rings is 4. The number of halogens is 1. The number of fused-ring (bicyclic) bond motifs is 2. The zero-order valence-electron chi connectivity index (χ0n) is 14.3. The maximum atomic E-state index is 13.0. The first-order valence-electron chi connectivity index (χ1n) is 8.47. The molecule has 0 atom stereocenters. The third-order valence-electron chi connectivity index (χ3n) is 4.27. The second-order valence-corrected chi connectivity index (χ2v) is 6.47. The predicted octanol–water partition coefficient (Wildman–Crippen LogP) is 5.45. The largest absolute Gasteiger partial charge is 0.331 e. The molecule has 4 rings (SSSR count). The van der Waals surface area contributed by atoms with Gasteiger partial charge in [0.25, 0.3) is 0 Å². The molecule has 0 saturated heterocycles. The van der Waals surface area contributed by atoms with E-state index < -0.39 is 0 Å². The van der Waals surface area contributed by atoms with Crippen LogP contribution in [0.3, 0.4) is 0 Å². The Morgan fingerprint density at radius 2 is 1.44 bits per heavy atom. The molecule has 0 aliphatic rings. The Balaban J connectivity index is 1.60. The van der Waals surface area contributed by atoms with Crippen LogP contribution in [0.2, 0.25) is 0 Å². The molecule has 0 fully saturated rings.